The number of nitro benzene ring substituents is 1. The van der Waals surface area contributed by atoms with E-state index in [1.807, 2.05) is 24.3 Å². The minimum Gasteiger partial charge on any atom is -0.372 e. The Morgan fingerprint density at radius 1 is 1.05 bits per heavy atom. The van der Waals surface area contributed by atoms with E-state index >= 15 is 0 Å². The number of hydrogen-bond donors (Lipinski definition) is 0. The maximum absolute atomic E-state index is 10.6. The Morgan fingerprint density at radius 2 is 1.55 bits per heavy atom. The molecule has 0 atom stereocenters. The van der Waals surface area contributed by atoms with Crippen LogP contribution < -0.4 is 4.90 Å². The number of benzene rings is 2. The van der Waals surface area contributed by atoms with Crippen LogP contribution in [0.15, 0.2) is 58.8 Å². The zero-order valence-electron chi connectivity index (χ0n) is 12.3. The molecule has 113 valence electrons. The van der Waals surface area contributed by atoms with Crippen molar-refractivity contribution in [1.29, 1.82) is 0 Å². The second-order valence-corrected chi connectivity index (χ2v) is 4.57. The van der Waals surface area contributed by atoms with E-state index in [-0.39, 0.29) is 5.69 Å². The largest absolute Gasteiger partial charge is 0.372 e. The molecular formula is C16H17N4O2. The Morgan fingerprint density at radius 3 is 1.95 bits per heavy atom. The Labute approximate surface area is 129 Å². The SMILES string of the molecule is [CH2]CN(CC)c1ccc(N=Nc2ccc([N+](=O)[O-])cc2)cc1. The van der Waals surface area contributed by atoms with E-state index in [9.17, 15) is 10.1 Å². The molecule has 22 heavy (non-hydrogen) atoms. The Hall–Kier alpha value is -2.76. The molecule has 2 rings (SSSR count). The van der Waals surface area contributed by atoms with Crippen LogP contribution in [-0.2, 0) is 0 Å². The fourth-order valence-corrected chi connectivity index (χ4v) is 1.96. The van der Waals surface area contributed by atoms with Crippen LogP contribution in [-0.4, -0.2) is 18.0 Å². The molecule has 0 saturated heterocycles. The first-order valence-electron chi connectivity index (χ1n) is 6.94. The van der Waals surface area contributed by atoms with Crippen molar-refractivity contribution in [3.8, 4) is 0 Å². The summed E-state index contributed by atoms with van der Waals surface area (Å²) in [6.07, 6.45) is 0. The van der Waals surface area contributed by atoms with Crippen molar-refractivity contribution in [3.63, 3.8) is 0 Å². The van der Waals surface area contributed by atoms with Crippen molar-refractivity contribution in [1.82, 2.24) is 0 Å². The topological polar surface area (TPSA) is 71.1 Å². The van der Waals surface area contributed by atoms with Crippen LogP contribution in [0.4, 0.5) is 22.7 Å². The van der Waals surface area contributed by atoms with Gasteiger partial charge in [0.2, 0.25) is 0 Å². The third-order valence-electron chi connectivity index (χ3n) is 3.21. The third-order valence-corrected chi connectivity index (χ3v) is 3.21. The highest BCUT2D eigenvalue weighted by molar-refractivity contribution is 5.53. The lowest BCUT2D eigenvalue weighted by Gasteiger charge is -2.20. The van der Waals surface area contributed by atoms with E-state index in [2.05, 4.69) is 29.0 Å². The van der Waals surface area contributed by atoms with Gasteiger partial charge in [0.05, 0.1) is 16.3 Å². The second-order valence-electron chi connectivity index (χ2n) is 4.57. The molecule has 0 bridgehead atoms. The van der Waals surface area contributed by atoms with Crippen LogP contribution >= 0.6 is 0 Å². The highest BCUT2D eigenvalue weighted by Crippen LogP contribution is 2.23. The fraction of sp³-hybridized carbons (Fsp3) is 0.188. The van der Waals surface area contributed by atoms with Crippen molar-refractivity contribution < 1.29 is 4.92 Å². The van der Waals surface area contributed by atoms with Crippen molar-refractivity contribution >= 4 is 22.7 Å². The average Bonchev–Trinajstić information content (AvgIpc) is 2.55. The number of nitro groups is 1. The summed E-state index contributed by atoms with van der Waals surface area (Å²) in [6, 6.07) is 13.6. The van der Waals surface area contributed by atoms with Gasteiger partial charge in [-0.3, -0.25) is 10.1 Å². The summed E-state index contributed by atoms with van der Waals surface area (Å²) in [6.45, 7) is 7.57. The maximum Gasteiger partial charge on any atom is 0.269 e. The first-order valence-corrected chi connectivity index (χ1v) is 6.94. The molecule has 0 aliphatic carbocycles. The number of rotatable bonds is 6. The molecule has 0 spiro atoms. The highest BCUT2D eigenvalue weighted by Gasteiger charge is 2.03. The highest BCUT2D eigenvalue weighted by atomic mass is 16.6. The molecule has 0 saturated carbocycles. The van der Waals surface area contributed by atoms with Crippen molar-refractivity contribution in [3.05, 3.63) is 65.6 Å². The normalized spacial score (nSPS) is 10.8. The number of hydrogen-bond acceptors (Lipinski definition) is 5. The predicted molar refractivity (Wildman–Crippen MR) is 87.0 cm³/mol. The first kappa shape index (κ1) is 15.6. The van der Waals surface area contributed by atoms with Gasteiger partial charge in [-0.15, -0.1) is 0 Å². The van der Waals surface area contributed by atoms with Gasteiger partial charge in [-0.25, -0.2) is 0 Å². The van der Waals surface area contributed by atoms with E-state index < -0.39 is 4.92 Å². The van der Waals surface area contributed by atoms with Crippen LogP contribution in [0.3, 0.4) is 0 Å². The molecule has 0 N–H and O–H groups in total. The summed E-state index contributed by atoms with van der Waals surface area (Å²) in [4.78, 5) is 12.3. The smallest absolute Gasteiger partial charge is 0.269 e. The molecule has 0 heterocycles. The molecular weight excluding hydrogens is 280 g/mol. The minimum absolute atomic E-state index is 0.0381. The summed E-state index contributed by atoms with van der Waals surface area (Å²) >= 11 is 0. The molecule has 1 radical (unpaired) electrons. The number of non-ortho nitro benzene ring substituents is 1. The van der Waals surface area contributed by atoms with Gasteiger partial charge in [0.1, 0.15) is 0 Å². The minimum atomic E-state index is -0.443. The molecule has 2 aromatic rings. The Balaban J connectivity index is 2.08. The molecule has 6 nitrogen and oxygen atoms in total. The van der Waals surface area contributed by atoms with Crippen LogP contribution in [0.2, 0.25) is 0 Å². The van der Waals surface area contributed by atoms with Gasteiger partial charge < -0.3 is 4.90 Å². The Bertz CT molecular complexity index is 647. The average molecular weight is 297 g/mol. The number of nitrogens with zero attached hydrogens (tertiary/aromatic N) is 4. The van der Waals surface area contributed by atoms with Gasteiger partial charge in [-0.05, 0) is 50.2 Å². The van der Waals surface area contributed by atoms with E-state index in [1.54, 1.807) is 12.1 Å². The number of anilines is 1. The predicted octanol–water partition coefficient (Wildman–Crippen LogP) is 4.67. The molecule has 0 amide bonds. The first-order chi connectivity index (χ1) is 10.6. The molecule has 0 unspecified atom stereocenters. The van der Waals surface area contributed by atoms with Crippen molar-refractivity contribution in [2.75, 3.05) is 18.0 Å². The summed E-state index contributed by atoms with van der Waals surface area (Å²) < 4.78 is 0. The van der Waals surface area contributed by atoms with E-state index in [1.165, 1.54) is 12.1 Å². The van der Waals surface area contributed by atoms with Crippen molar-refractivity contribution in [2.24, 2.45) is 10.2 Å². The van der Waals surface area contributed by atoms with E-state index in [4.69, 9.17) is 0 Å². The molecule has 0 aromatic heterocycles. The lowest BCUT2D eigenvalue weighted by Crippen LogP contribution is -2.21. The number of azo groups is 1. The quantitative estimate of drug-likeness (QED) is 0.442. The molecule has 0 fully saturated rings. The van der Waals surface area contributed by atoms with E-state index in [0.717, 1.165) is 17.9 Å². The van der Waals surface area contributed by atoms with Crippen LogP contribution in [0.5, 0.6) is 0 Å². The lowest BCUT2D eigenvalue weighted by atomic mass is 10.2. The van der Waals surface area contributed by atoms with Crippen LogP contribution in [0.25, 0.3) is 0 Å². The van der Waals surface area contributed by atoms with Gasteiger partial charge in [0.25, 0.3) is 5.69 Å². The van der Waals surface area contributed by atoms with Gasteiger partial charge >= 0.3 is 0 Å². The summed E-state index contributed by atoms with van der Waals surface area (Å²) in [5.74, 6) is 0. The lowest BCUT2D eigenvalue weighted by molar-refractivity contribution is -0.384. The second kappa shape index (κ2) is 7.31. The van der Waals surface area contributed by atoms with E-state index in [0.29, 0.717) is 12.2 Å². The molecule has 6 heteroatoms. The third kappa shape index (κ3) is 3.88. The van der Waals surface area contributed by atoms with Gasteiger partial charge in [0.15, 0.2) is 0 Å². The standard InChI is InChI=1S/C16H17N4O2/c1-3-19(4-2)15-9-5-13(6-10-15)17-18-14-7-11-16(12-8-14)20(21)22/h5-12H,1,3-4H2,2H3. The summed E-state index contributed by atoms with van der Waals surface area (Å²) in [5.41, 5.74) is 2.42. The molecule has 0 aliphatic heterocycles. The summed E-state index contributed by atoms with van der Waals surface area (Å²) in [5, 5.41) is 18.8. The Kier molecular flexibility index (Phi) is 5.19. The van der Waals surface area contributed by atoms with Crippen LogP contribution in [0.1, 0.15) is 6.92 Å². The summed E-state index contributed by atoms with van der Waals surface area (Å²) in [7, 11) is 0. The molecule has 0 aliphatic rings. The monoisotopic (exact) mass is 297 g/mol. The van der Waals surface area contributed by atoms with Gasteiger partial charge in [0, 0.05) is 30.9 Å². The maximum atomic E-state index is 10.6. The molecule has 2 aromatic carbocycles. The van der Waals surface area contributed by atoms with Crippen LogP contribution in [0, 0.1) is 17.0 Å². The zero-order chi connectivity index (χ0) is 15.9. The van der Waals surface area contributed by atoms with Gasteiger partial charge in [-0.1, -0.05) is 0 Å². The van der Waals surface area contributed by atoms with Gasteiger partial charge in [-0.2, -0.15) is 10.2 Å². The zero-order valence-corrected chi connectivity index (χ0v) is 12.3. The van der Waals surface area contributed by atoms with Crippen molar-refractivity contribution in [2.45, 2.75) is 6.92 Å². The fourth-order valence-electron chi connectivity index (χ4n) is 1.96.